The van der Waals surface area contributed by atoms with Crippen molar-refractivity contribution in [1.82, 2.24) is 5.32 Å². The van der Waals surface area contributed by atoms with E-state index < -0.39 is 11.7 Å². The number of carbonyl (C=O) groups excluding carboxylic acids is 2. The van der Waals surface area contributed by atoms with Crippen molar-refractivity contribution in [3.05, 3.63) is 29.8 Å². The van der Waals surface area contributed by atoms with Crippen LogP contribution in [0.25, 0.3) is 0 Å². The molecule has 0 unspecified atom stereocenters. The van der Waals surface area contributed by atoms with Crippen molar-refractivity contribution in [3.63, 3.8) is 0 Å². The molecular weight excluding hydrogens is 284 g/mol. The SMILES string of the molecule is COCCCNC(=O)c1cccc(NC(=O)OC(C)(C)C)c1. The number of hydrogen-bond acceptors (Lipinski definition) is 4. The molecule has 0 heterocycles. The molecule has 0 fully saturated rings. The van der Waals surface area contributed by atoms with Crippen molar-refractivity contribution in [3.8, 4) is 0 Å². The highest BCUT2D eigenvalue weighted by Gasteiger charge is 2.16. The van der Waals surface area contributed by atoms with Crippen LogP contribution >= 0.6 is 0 Å². The summed E-state index contributed by atoms with van der Waals surface area (Å²) in [5.41, 5.74) is 0.421. The fourth-order valence-electron chi connectivity index (χ4n) is 1.68. The molecule has 0 saturated heterocycles. The summed E-state index contributed by atoms with van der Waals surface area (Å²) < 4.78 is 10.1. The minimum absolute atomic E-state index is 0.191. The summed E-state index contributed by atoms with van der Waals surface area (Å²) >= 11 is 0. The molecule has 0 aliphatic carbocycles. The Morgan fingerprint density at radius 1 is 1.23 bits per heavy atom. The lowest BCUT2D eigenvalue weighted by molar-refractivity contribution is 0.0635. The first-order chi connectivity index (χ1) is 10.3. The van der Waals surface area contributed by atoms with Crippen LogP contribution in [-0.2, 0) is 9.47 Å². The van der Waals surface area contributed by atoms with E-state index in [4.69, 9.17) is 9.47 Å². The molecule has 2 N–H and O–H groups in total. The van der Waals surface area contributed by atoms with Gasteiger partial charge in [-0.2, -0.15) is 0 Å². The van der Waals surface area contributed by atoms with E-state index in [1.165, 1.54) is 0 Å². The molecule has 6 heteroatoms. The summed E-state index contributed by atoms with van der Waals surface area (Å²) in [6.07, 6.45) is 0.197. The van der Waals surface area contributed by atoms with Crippen LogP contribution in [0.3, 0.4) is 0 Å². The zero-order valence-corrected chi connectivity index (χ0v) is 13.6. The average Bonchev–Trinajstić information content (AvgIpc) is 2.41. The number of ether oxygens (including phenoxy) is 2. The van der Waals surface area contributed by atoms with Gasteiger partial charge in [0.25, 0.3) is 5.91 Å². The number of carbonyl (C=O) groups is 2. The maximum Gasteiger partial charge on any atom is 0.412 e. The fourth-order valence-corrected chi connectivity index (χ4v) is 1.68. The highest BCUT2D eigenvalue weighted by atomic mass is 16.6. The molecular formula is C16H24N2O4. The number of nitrogens with one attached hydrogen (secondary N) is 2. The Bertz CT molecular complexity index is 509. The Morgan fingerprint density at radius 3 is 2.59 bits per heavy atom. The maximum atomic E-state index is 12.0. The first-order valence-electron chi connectivity index (χ1n) is 7.19. The first-order valence-corrected chi connectivity index (χ1v) is 7.19. The molecule has 0 saturated carbocycles. The summed E-state index contributed by atoms with van der Waals surface area (Å²) in [4.78, 5) is 23.7. The molecule has 2 amide bonds. The van der Waals surface area contributed by atoms with E-state index in [0.717, 1.165) is 6.42 Å². The van der Waals surface area contributed by atoms with Crippen LogP contribution in [0.5, 0.6) is 0 Å². The highest BCUT2D eigenvalue weighted by Crippen LogP contribution is 2.13. The number of anilines is 1. The molecule has 1 aromatic carbocycles. The van der Waals surface area contributed by atoms with Gasteiger partial charge in [0.15, 0.2) is 0 Å². The molecule has 22 heavy (non-hydrogen) atoms. The van der Waals surface area contributed by atoms with Gasteiger partial charge in [-0.3, -0.25) is 10.1 Å². The molecule has 0 spiro atoms. The van der Waals surface area contributed by atoms with E-state index in [1.54, 1.807) is 52.1 Å². The van der Waals surface area contributed by atoms with Crippen LogP contribution in [0.2, 0.25) is 0 Å². The third-order valence-corrected chi connectivity index (χ3v) is 2.58. The topological polar surface area (TPSA) is 76.7 Å². The standard InChI is InChI=1S/C16H24N2O4/c1-16(2,3)22-15(20)18-13-8-5-7-12(11-13)14(19)17-9-6-10-21-4/h5,7-8,11H,6,9-10H2,1-4H3,(H,17,19)(H,18,20). The molecule has 122 valence electrons. The average molecular weight is 308 g/mol. The molecule has 1 rings (SSSR count). The van der Waals surface area contributed by atoms with Gasteiger partial charge in [-0.25, -0.2) is 4.79 Å². The minimum Gasteiger partial charge on any atom is -0.444 e. The van der Waals surface area contributed by atoms with E-state index >= 15 is 0 Å². The van der Waals surface area contributed by atoms with Crippen molar-refractivity contribution in [2.24, 2.45) is 0 Å². The van der Waals surface area contributed by atoms with Gasteiger partial charge in [0, 0.05) is 31.5 Å². The summed E-state index contributed by atoms with van der Waals surface area (Å²) in [5, 5.41) is 5.40. The van der Waals surface area contributed by atoms with E-state index in [2.05, 4.69) is 10.6 Å². The molecule has 0 aromatic heterocycles. The fraction of sp³-hybridized carbons (Fsp3) is 0.500. The van der Waals surface area contributed by atoms with Gasteiger partial charge in [-0.15, -0.1) is 0 Å². The van der Waals surface area contributed by atoms with Gasteiger partial charge in [0.2, 0.25) is 0 Å². The van der Waals surface area contributed by atoms with E-state index in [9.17, 15) is 9.59 Å². The molecule has 0 atom stereocenters. The van der Waals surface area contributed by atoms with Gasteiger partial charge in [-0.1, -0.05) is 6.07 Å². The largest absolute Gasteiger partial charge is 0.444 e. The second-order valence-corrected chi connectivity index (χ2v) is 5.81. The maximum absolute atomic E-state index is 12.0. The lowest BCUT2D eigenvalue weighted by Crippen LogP contribution is -2.27. The number of amides is 2. The van der Waals surface area contributed by atoms with E-state index in [0.29, 0.717) is 24.4 Å². The van der Waals surface area contributed by atoms with Crippen LogP contribution in [0.4, 0.5) is 10.5 Å². The highest BCUT2D eigenvalue weighted by molar-refractivity contribution is 5.96. The Kier molecular flexibility index (Phi) is 6.85. The third-order valence-electron chi connectivity index (χ3n) is 2.58. The van der Waals surface area contributed by atoms with Crippen LogP contribution in [0.1, 0.15) is 37.6 Å². The zero-order chi connectivity index (χ0) is 16.6. The molecule has 1 aromatic rings. The molecule has 0 aliphatic rings. The first kappa shape index (κ1) is 18.0. The van der Waals surface area contributed by atoms with Gasteiger partial charge in [0.1, 0.15) is 5.60 Å². The van der Waals surface area contributed by atoms with Crippen molar-refractivity contribution in [1.29, 1.82) is 0 Å². The molecule has 0 radical (unpaired) electrons. The van der Waals surface area contributed by atoms with Crippen LogP contribution in [-0.4, -0.2) is 37.9 Å². The van der Waals surface area contributed by atoms with E-state index in [-0.39, 0.29) is 5.91 Å². The minimum atomic E-state index is -0.569. The second kappa shape index (κ2) is 8.38. The van der Waals surface area contributed by atoms with Crippen LogP contribution in [0.15, 0.2) is 24.3 Å². The Balaban J connectivity index is 2.58. The van der Waals surface area contributed by atoms with Crippen molar-refractivity contribution >= 4 is 17.7 Å². The predicted octanol–water partition coefficient (Wildman–Crippen LogP) is 2.80. The van der Waals surface area contributed by atoms with Gasteiger partial charge in [-0.05, 0) is 45.4 Å². The number of hydrogen-bond donors (Lipinski definition) is 2. The van der Waals surface area contributed by atoms with Crippen molar-refractivity contribution < 1.29 is 19.1 Å². The number of methoxy groups -OCH3 is 1. The number of rotatable bonds is 6. The number of benzene rings is 1. The van der Waals surface area contributed by atoms with Gasteiger partial charge < -0.3 is 14.8 Å². The van der Waals surface area contributed by atoms with Crippen molar-refractivity contribution in [2.45, 2.75) is 32.8 Å². The Hall–Kier alpha value is -2.08. The predicted molar refractivity (Wildman–Crippen MR) is 85.1 cm³/mol. The second-order valence-electron chi connectivity index (χ2n) is 5.81. The van der Waals surface area contributed by atoms with E-state index in [1.807, 2.05) is 0 Å². The molecule has 0 bridgehead atoms. The summed E-state index contributed by atoms with van der Waals surface area (Å²) in [7, 11) is 1.62. The quantitative estimate of drug-likeness (QED) is 0.792. The molecule has 6 nitrogen and oxygen atoms in total. The van der Waals surface area contributed by atoms with Gasteiger partial charge in [0.05, 0.1) is 0 Å². The van der Waals surface area contributed by atoms with Crippen molar-refractivity contribution in [2.75, 3.05) is 25.6 Å². The summed E-state index contributed by atoms with van der Waals surface area (Å²) in [5.74, 6) is -0.191. The van der Waals surface area contributed by atoms with Gasteiger partial charge >= 0.3 is 6.09 Å². The smallest absolute Gasteiger partial charge is 0.412 e. The summed E-state index contributed by atoms with van der Waals surface area (Å²) in [6, 6.07) is 6.70. The monoisotopic (exact) mass is 308 g/mol. The molecule has 0 aliphatic heterocycles. The lowest BCUT2D eigenvalue weighted by atomic mass is 10.2. The third kappa shape index (κ3) is 7.08. The zero-order valence-electron chi connectivity index (χ0n) is 13.6. The Morgan fingerprint density at radius 2 is 1.95 bits per heavy atom. The lowest BCUT2D eigenvalue weighted by Gasteiger charge is -2.19. The Labute approximate surface area is 131 Å². The summed E-state index contributed by atoms with van der Waals surface area (Å²) in [6.45, 7) is 6.50. The normalized spacial score (nSPS) is 10.9. The van der Waals surface area contributed by atoms with Crippen LogP contribution in [0, 0.1) is 0 Å². The van der Waals surface area contributed by atoms with Crippen LogP contribution < -0.4 is 10.6 Å².